The van der Waals surface area contributed by atoms with E-state index in [1.165, 1.54) is 0 Å². The summed E-state index contributed by atoms with van der Waals surface area (Å²) in [5.74, 6) is 0.187. The first-order valence-electron chi connectivity index (χ1n) is 7.88. The summed E-state index contributed by atoms with van der Waals surface area (Å²) in [6.07, 6.45) is -4.98. The average molecular weight is 578 g/mol. The van der Waals surface area contributed by atoms with Gasteiger partial charge < -0.3 is 35.2 Å². The van der Waals surface area contributed by atoms with Gasteiger partial charge in [-0.25, -0.2) is 22.9 Å². The number of anilines is 1. The third kappa shape index (κ3) is 7.04. The quantitative estimate of drug-likeness (QED) is 0.132. The number of nitrogens with zero attached hydrogens (tertiary/aromatic N) is 2. The van der Waals surface area contributed by atoms with E-state index in [2.05, 4.69) is 24.0 Å². The molecule has 0 aliphatic carbocycles. The Kier molecular flexibility index (Phi) is 8.56. The van der Waals surface area contributed by atoms with Gasteiger partial charge in [-0.1, -0.05) is 17.5 Å². The van der Waals surface area contributed by atoms with Crippen molar-refractivity contribution in [2.45, 2.75) is 23.3 Å². The van der Waals surface area contributed by atoms with Gasteiger partial charge in [0, 0.05) is 5.38 Å². The van der Waals surface area contributed by atoms with Gasteiger partial charge in [0.25, 0.3) is 0 Å². The molecule has 0 aromatic carbocycles. The summed E-state index contributed by atoms with van der Waals surface area (Å²) < 4.78 is 64.8. The van der Waals surface area contributed by atoms with Crippen LogP contribution in [0.25, 0.3) is 0 Å². The molecule has 0 bridgehead atoms. The van der Waals surface area contributed by atoms with E-state index in [0.29, 0.717) is 10.8 Å². The maximum atomic E-state index is 13.8. The summed E-state index contributed by atoms with van der Waals surface area (Å²) in [6.45, 7) is -1.15. The van der Waals surface area contributed by atoms with E-state index in [4.69, 9.17) is 48.4 Å². The lowest BCUT2D eigenvalue weighted by Gasteiger charge is -2.25. The third-order valence-corrected chi connectivity index (χ3v) is 8.09. The lowest BCUT2D eigenvalue weighted by atomic mass is 9.99. The van der Waals surface area contributed by atoms with Crippen LogP contribution in [0, 0.1) is 17.1 Å². The Morgan fingerprint density at radius 3 is 2.42 bits per heavy atom. The van der Waals surface area contributed by atoms with Crippen LogP contribution in [0.15, 0.2) is 11.0 Å². The maximum Gasteiger partial charge on any atom is 0.490 e. The molecule has 1 aliphatic heterocycles. The molecule has 1 aromatic heterocycles. The van der Waals surface area contributed by atoms with Crippen LogP contribution in [0.3, 0.4) is 0 Å². The molecule has 0 radical (unpaired) electrons. The van der Waals surface area contributed by atoms with Crippen LogP contribution in [0.5, 0.6) is 0 Å². The first-order valence-corrected chi connectivity index (χ1v) is 13.2. The van der Waals surface area contributed by atoms with Crippen molar-refractivity contribution >= 4 is 52.5 Å². The molecule has 0 spiro atoms. The fraction of sp³-hybridized carbons (Fsp3) is 0.455. The Labute approximate surface area is 192 Å². The lowest BCUT2D eigenvalue weighted by molar-refractivity contribution is -0.0457. The number of nitrogen functional groups attached to an aromatic ring is 1. The predicted octanol–water partition coefficient (Wildman–Crippen LogP) is -0.256. The Balaban J connectivity index is 2.27. The van der Waals surface area contributed by atoms with Gasteiger partial charge in [-0.2, -0.15) is 13.6 Å². The number of phosphoric ester groups is 1. The molecule has 1 fully saturated rings. The molecule has 2 heterocycles. The molecule has 7 N–H and O–H groups in total. The Morgan fingerprint density at radius 2 is 1.88 bits per heavy atom. The van der Waals surface area contributed by atoms with Gasteiger partial charge >= 0.3 is 29.2 Å². The normalized spacial score (nSPS) is 29.0. The third-order valence-electron chi connectivity index (χ3n) is 3.69. The van der Waals surface area contributed by atoms with Gasteiger partial charge in [-0.15, -0.1) is 0 Å². The van der Waals surface area contributed by atoms with Gasteiger partial charge in [0.1, 0.15) is 12.2 Å². The van der Waals surface area contributed by atoms with E-state index >= 15 is 0 Å². The van der Waals surface area contributed by atoms with Crippen molar-refractivity contribution in [3.63, 3.8) is 0 Å². The molecule has 4 unspecified atom stereocenters. The first-order chi connectivity index (χ1) is 14.9. The number of nitrogens with two attached hydrogens (primary N) is 1. The van der Waals surface area contributed by atoms with Gasteiger partial charge in [-0.3, -0.25) is 9.09 Å². The maximum absolute atomic E-state index is 13.8. The molecular formula is C11H13Cl2FN3O13P3. The molecule has 33 heavy (non-hydrogen) atoms. The molecule has 186 valence electrons. The van der Waals surface area contributed by atoms with E-state index in [9.17, 15) is 32.9 Å². The number of phosphoric acid groups is 3. The summed E-state index contributed by atoms with van der Waals surface area (Å²) in [5, 5.41) is 12.3. The van der Waals surface area contributed by atoms with Crippen LogP contribution < -0.4 is 11.4 Å². The Morgan fingerprint density at radius 1 is 1.27 bits per heavy atom. The van der Waals surface area contributed by atoms with Crippen molar-refractivity contribution in [2.24, 2.45) is 0 Å². The van der Waals surface area contributed by atoms with E-state index in [1.54, 1.807) is 0 Å². The van der Waals surface area contributed by atoms with Gasteiger partial charge in [0.15, 0.2) is 22.7 Å². The topological polar surface area (TPSA) is 250 Å². The number of aliphatic hydroxyl groups is 1. The number of hydrogen-bond donors (Lipinski definition) is 6. The largest absolute Gasteiger partial charge is 0.490 e. The number of aliphatic hydroxyl groups excluding tert-OH is 1. The molecule has 0 amide bonds. The Hall–Kier alpha value is -0.920. The monoisotopic (exact) mass is 577 g/mol. The Bertz CT molecular complexity index is 1180. The summed E-state index contributed by atoms with van der Waals surface area (Å²) in [4.78, 5) is 48.7. The van der Waals surface area contributed by atoms with E-state index in [0.717, 1.165) is 0 Å². The van der Waals surface area contributed by atoms with Crippen LogP contribution >= 0.6 is 46.7 Å². The minimum atomic E-state index is -5.80. The second-order valence-corrected chi connectivity index (χ2v) is 11.2. The van der Waals surface area contributed by atoms with Crippen LogP contribution in [0.4, 0.5) is 10.2 Å². The van der Waals surface area contributed by atoms with E-state index in [1.807, 2.05) is 5.38 Å². The van der Waals surface area contributed by atoms with Crippen molar-refractivity contribution in [1.82, 2.24) is 9.55 Å². The summed E-state index contributed by atoms with van der Waals surface area (Å²) in [5.41, 5.74) is 3.99. The molecule has 0 saturated carbocycles. The average Bonchev–Trinajstić information content (AvgIpc) is 2.85. The minimum Gasteiger partial charge on any atom is -0.387 e. The molecule has 1 aromatic rings. The summed E-state index contributed by atoms with van der Waals surface area (Å²) >= 11 is 11.6. The SMILES string of the molecule is Nc1nc(=O)n([C@@H]2O[C@H](COP(=O)(O)OP(=O)(O)OP(=O)(O)O)C(O)C2(Cl)C#CCl)cc1F. The number of halogens is 3. The highest BCUT2D eigenvalue weighted by molar-refractivity contribution is 7.66. The molecule has 6 atom stereocenters. The number of rotatable bonds is 8. The number of alkyl halides is 1. The van der Waals surface area contributed by atoms with Crippen LogP contribution in [0.2, 0.25) is 0 Å². The predicted molar refractivity (Wildman–Crippen MR) is 105 cm³/mol. The molecule has 2 rings (SSSR count). The fourth-order valence-corrected chi connectivity index (χ4v) is 6.04. The zero-order chi connectivity index (χ0) is 25.4. The molecular weight excluding hydrogens is 565 g/mol. The number of hydrogen-bond acceptors (Lipinski definition) is 11. The van der Waals surface area contributed by atoms with Crippen LogP contribution in [-0.4, -0.2) is 57.9 Å². The molecule has 1 aliphatic rings. The van der Waals surface area contributed by atoms with Crippen molar-refractivity contribution in [3.05, 3.63) is 22.5 Å². The number of ether oxygens (including phenoxy) is 1. The fourth-order valence-electron chi connectivity index (χ4n) is 2.46. The lowest BCUT2D eigenvalue weighted by Crippen LogP contribution is -2.43. The standard InChI is InChI=1S/C11H13Cl2FN3O13P3/c12-2-1-11(13)7(18)6(28-9(11)17-3-5(14)8(15)16-10(17)19)4-27-32(23,24)30-33(25,26)29-31(20,21)22/h3,6-7,9,18H,4H2,(H,23,24)(H,25,26)(H2,15,16,19)(H2,20,21,22)/t6-,7?,9-,11?/m1/s1. The van der Waals surface area contributed by atoms with E-state index < -0.39 is 70.7 Å². The van der Waals surface area contributed by atoms with Gasteiger partial charge in [0.05, 0.1) is 12.8 Å². The second-order valence-electron chi connectivity index (χ2n) is 6.01. The van der Waals surface area contributed by atoms with Crippen molar-refractivity contribution in [2.75, 3.05) is 12.3 Å². The van der Waals surface area contributed by atoms with Gasteiger partial charge in [-0.05, 0) is 11.6 Å². The zero-order valence-electron chi connectivity index (χ0n) is 15.5. The summed E-state index contributed by atoms with van der Waals surface area (Å²) in [6, 6.07) is 0. The highest BCUT2D eigenvalue weighted by Crippen LogP contribution is 2.66. The van der Waals surface area contributed by atoms with Gasteiger partial charge in [0.2, 0.25) is 0 Å². The number of aromatic nitrogens is 2. The van der Waals surface area contributed by atoms with Crippen LogP contribution in [0.1, 0.15) is 6.23 Å². The molecule has 22 heteroatoms. The molecule has 1 saturated heterocycles. The second kappa shape index (κ2) is 9.98. The highest BCUT2D eigenvalue weighted by atomic mass is 35.5. The summed E-state index contributed by atoms with van der Waals surface area (Å²) in [7, 11) is -17.0. The van der Waals surface area contributed by atoms with Crippen LogP contribution in [-0.2, 0) is 31.6 Å². The van der Waals surface area contributed by atoms with Crippen molar-refractivity contribution < 1.29 is 60.6 Å². The smallest absolute Gasteiger partial charge is 0.387 e. The van der Waals surface area contributed by atoms with Crippen molar-refractivity contribution in [3.8, 4) is 11.3 Å². The van der Waals surface area contributed by atoms with Crippen molar-refractivity contribution in [1.29, 1.82) is 0 Å². The van der Waals surface area contributed by atoms with E-state index in [-0.39, 0.29) is 0 Å². The highest BCUT2D eigenvalue weighted by Gasteiger charge is 2.57. The zero-order valence-corrected chi connectivity index (χ0v) is 19.7. The minimum absolute atomic E-state index is 0.452. The molecule has 16 nitrogen and oxygen atoms in total. The first kappa shape index (κ1) is 28.3.